The van der Waals surface area contributed by atoms with E-state index in [-0.39, 0.29) is 5.57 Å². The Morgan fingerprint density at radius 1 is 0.733 bits per heavy atom. The van der Waals surface area contributed by atoms with Crippen LogP contribution in [0.5, 0.6) is 0 Å². The summed E-state index contributed by atoms with van der Waals surface area (Å²) in [6.45, 7) is 4.49. The summed E-state index contributed by atoms with van der Waals surface area (Å²) in [7, 11) is 0. The molecule has 0 saturated carbocycles. The predicted octanol–water partition coefficient (Wildman–Crippen LogP) is 13.6. The molecule has 6 aromatic heterocycles. The van der Waals surface area contributed by atoms with Crippen LogP contribution in [0.4, 0.5) is 0 Å². The topological polar surface area (TPSA) is 61.1 Å². The molecule has 45 heavy (non-hydrogen) atoms. The highest BCUT2D eigenvalue weighted by atomic mass is 32.1. The Kier molecular flexibility index (Phi) is 10.7. The van der Waals surface area contributed by atoms with E-state index in [1.807, 2.05) is 62.8 Å². The number of nitriles is 1. The lowest BCUT2D eigenvalue weighted by Gasteiger charge is -2.03. The number of aliphatic carboxylic acids is 1. The molecule has 0 bridgehead atoms. The van der Waals surface area contributed by atoms with Gasteiger partial charge in [-0.2, -0.15) is 5.26 Å². The molecule has 0 spiro atoms. The van der Waals surface area contributed by atoms with Crippen molar-refractivity contribution in [1.82, 2.24) is 0 Å². The van der Waals surface area contributed by atoms with Gasteiger partial charge in [-0.3, -0.25) is 0 Å². The Balaban J connectivity index is 1.35. The highest BCUT2D eigenvalue weighted by Crippen LogP contribution is 2.50. The maximum Gasteiger partial charge on any atom is 0.346 e. The van der Waals surface area contributed by atoms with Gasteiger partial charge in [0.15, 0.2) is 0 Å². The first-order valence-electron chi connectivity index (χ1n) is 15.6. The van der Waals surface area contributed by atoms with Crippen LogP contribution in [-0.2, 0) is 17.6 Å². The molecule has 232 valence electrons. The predicted molar refractivity (Wildman–Crippen MR) is 202 cm³/mol. The zero-order valence-electron chi connectivity index (χ0n) is 25.4. The fourth-order valence-corrected chi connectivity index (χ4v) is 13.1. The third-order valence-electron chi connectivity index (χ3n) is 7.92. The number of thiophene rings is 6. The minimum Gasteiger partial charge on any atom is -0.477 e. The molecular weight excluding hydrogens is 671 g/mol. The molecule has 0 aliphatic carbocycles. The van der Waals surface area contributed by atoms with Crippen molar-refractivity contribution in [2.45, 2.75) is 78.1 Å². The third kappa shape index (κ3) is 7.22. The van der Waals surface area contributed by atoms with E-state index >= 15 is 0 Å². The van der Waals surface area contributed by atoms with Gasteiger partial charge in [0.05, 0.1) is 9.40 Å². The Morgan fingerprint density at radius 2 is 1.40 bits per heavy atom. The van der Waals surface area contributed by atoms with Crippen molar-refractivity contribution in [2.24, 2.45) is 0 Å². The van der Waals surface area contributed by atoms with Gasteiger partial charge in [0.25, 0.3) is 0 Å². The van der Waals surface area contributed by atoms with E-state index in [0.29, 0.717) is 0 Å². The molecule has 0 saturated heterocycles. The number of carboxylic acid groups (broad SMARTS) is 1. The number of hydrogen-bond donors (Lipinski definition) is 1. The van der Waals surface area contributed by atoms with Crippen LogP contribution in [0, 0.1) is 11.3 Å². The zero-order valence-corrected chi connectivity index (χ0v) is 30.3. The van der Waals surface area contributed by atoms with Gasteiger partial charge >= 0.3 is 5.97 Å². The van der Waals surface area contributed by atoms with Crippen LogP contribution < -0.4 is 0 Å². The van der Waals surface area contributed by atoms with E-state index in [2.05, 4.69) is 55.6 Å². The summed E-state index contributed by atoms with van der Waals surface area (Å²) in [4.78, 5) is 20.2. The number of unbranched alkanes of at least 4 members (excludes halogenated alkanes) is 6. The summed E-state index contributed by atoms with van der Waals surface area (Å²) in [5.74, 6) is -1.18. The standard InChI is InChI=1S/C36H35NO2S6/c1-3-5-7-9-11-22-17-25(18-24(21-37)36(38)39)41-32(22)26-13-14-27(42-26)33-23(12-10-8-6-4-2)19-29(44-33)30-20-31-35(45-30)34-28(43-31)15-16-40-34/h13-20H,3-12H2,1-2H3,(H,38,39)/b24-18+. The maximum absolute atomic E-state index is 11.5. The largest absolute Gasteiger partial charge is 0.477 e. The molecule has 0 fully saturated rings. The van der Waals surface area contributed by atoms with Crippen molar-refractivity contribution in [3.05, 3.63) is 63.4 Å². The first-order chi connectivity index (χ1) is 22.0. The second-order valence-corrected chi connectivity index (χ2v) is 17.5. The lowest BCUT2D eigenvalue weighted by molar-refractivity contribution is -0.132. The van der Waals surface area contributed by atoms with Crippen LogP contribution in [0.15, 0.2) is 47.4 Å². The highest BCUT2D eigenvalue weighted by molar-refractivity contribution is 7.39. The summed E-state index contributed by atoms with van der Waals surface area (Å²) in [6, 6.07) is 15.5. The molecule has 3 nitrogen and oxygen atoms in total. The van der Waals surface area contributed by atoms with Crippen LogP contribution in [0.2, 0.25) is 0 Å². The number of fused-ring (bicyclic) bond motifs is 3. The summed E-state index contributed by atoms with van der Waals surface area (Å²) >= 11 is 11.1. The minimum atomic E-state index is -1.18. The number of carbonyl (C=O) groups is 1. The van der Waals surface area contributed by atoms with E-state index in [9.17, 15) is 15.2 Å². The lowest BCUT2D eigenvalue weighted by atomic mass is 10.1. The Bertz CT molecular complexity index is 2000. The van der Waals surface area contributed by atoms with Gasteiger partial charge in [0.1, 0.15) is 11.6 Å². The van der Waals surface area contributed by atoms with Crippen LogP contribution >= 0.6 is 68.0 Å². The van der Waals surface area contributed by atoms with Crippen molar-refractivity contribution < 1.29 is 9.90 Å². The van der Waals surface area contributed by atoms with E-state index in [1.165, 1.54) is 110 Å². The number of carboxylic acids is 1. The number of nitrogens with zero attached hydrogens (tertiary/aromatic N) is 1. The van der Waals surface area contributed by atoms with E-state index in [4.69, 9.17) is 0 Å². The van der Waals surface area contributed by atoms with Crippen molar-refractivity contribution in [3.8, 4) is 35.3 Å². The Morgan fingerprint density at radius 3 is 2.07 bits per heavy atom. The number of aryl methyl sites for hydroxylation is 2. The molecule has 0 atom stereocenters. The van der Waals surface area contributed by atoms with Gasteiger partial charge in [0, 0.05) is 43.5 Å². The van der Waals surface area contributed by atoms with Crippen molar-refractivity contribution in [1.29, 1.82) is 5.26 Å². The fourth-order valence-electron chi connectivity index (χ4n) is 5.60. The second kappa shape index (κ2) is 14.9. The first-order valence-corrected chi connectivity index (χ1v) is 20.6. The quantitative estimate of drug-likeness (QED) is 0.0657. The second-order valence-electron chi connectivity index (χ2n) is 11.2. The lowest BCUT2D eigenvalue weighted by Crippen LogP contribution is -1.96. The summed E-state index contributed by atoms with van der Waals surface area (Å²) in [6.07, 6.45) is 13.3. The molecule has 0 unspecified atom stereocenters. The average Bonchev–Trinajstić information content (AvgIpc) is 3.86. The minimum absolute atomic E-state index is 0.223. The molecule has 6 heterocycles. The fraction of sp³-hybridized carbons (Fsp3) is 0.333. The van der Waals surface area contributed by atoms with Crippen LogP contribution in [-0.4, -0.2) is 11.1 Å². The molecule has 6 aromatic rings. The Hall–Kier alpha value is -2.58. The smallest absolute Gasteiger partial charge is 0.346 e. The van der Waals surface area contributed by atoms with Gasteiger partial charge in [-0.15, -0.1) is 68.0 Å². The maximum atomic E-state index is 11.5. The van der Waals surface area contributed by atoms with Crippen molar-refractivity contribution in [2.75, 3.05) is 0 Å². The average molecular weight is 706 g/mol. The van der Waals surface area contributed by atoms with Crippen molar-refractivity contribution >= 4 is 98.9 Å². The summed E-state index contributed by atoms with van der Waals surface area (Å²) in [5, 5.41) is 21.0. The van der Waals surface area contributed by atoms with E-state index < -0.39 is 5.97 Å². The summed E-state index contributed by atoms with van der Waals surface area (Å²) in [5.41, 5.74) is 2.48. The molecule has 0 aromatic carbocycles. The zero-order chi connectivity index (χ0) is 31.3. The van der Waals surface area contributed by atoms with Crippen molar-refractivity contribution in [3.63, 3.8) is 0 Å². The van der Waals surface area contributed by atoms with Gasteiger partial charge in [0.2, 0.25) is 0 Å². The molecule has 0 radical (unpaired) electrons. The van der Waals surface area contributed by atoms with Crippen LogP contribution in [0.25, 0.3) is 54.1 Å². The monoisotopic (exact) mass is 705 g/mol. The Labute approximate surface area is 288 Å². The van der Waals surface area contributed by atoms with Gasteiger partial charge < -0.3 is 5.11 Å². The van der Waals surface area contributed by atoms with Crippen LogP contribution in [0.1, 0.15) is 81.2 Å². The first kappa shape index (κ1) is 32.4. The molecular formula is C36H35NO2S6. The van der Waals surface area contributed by atoms with Gasteiger partial charge in [-0.25, -0.2) is 4.79 Å². The molecule has 0 amide bonds. The summed E-state index contributed by atoms with van der Waals surface area (Å²) < 4.78 is 5.64. The highest BCUT2D eigenvalue weighted by Gasteiger charge is 2.20. The SMILES string of the molecule is CCCCCCc1cc(/C=C(\C#N)C(=O)O)sc1-c1ccc(-c2sc(-c3cc4sc5ccsc5c4s3)cc2CCCCCC)s1. The van der Waals surface area contributed by atoms with Gasteiger partial charge in [-0.1, -0.05) is 52.4 Å². The molecule has 0 aliphatic rings. The molecule has 0 aliphatic heterocycles. The number of rotatable bonds is 15. The molecule has 1 N–H and O–H groups in total. The third-order valence-corrected chi connectivity index (χ3v) is 15.4. The van der Waals surface area contributed by atoms with Gasteiger partial charge in [-0.05, 0) is 84.7 Å². The van der Waals surface area contributed by atoms with Crippen LogP contribution in [0.3, 0.4) is 0 Å². The molecule has 6 rings (SSSR count). The number of hydrogen-bond acceptors (Lipinski definition) is 8. The molecule has 9 heteroatoms. The van der Waals surface area contributed by atoms with E-state index in [0.717, 1.165) is 24.1 Å². The normalized spacial score (nSPS) is 12.1. The van der Waals surface area contributed by atoms with E-state index in [1.54, 1.807) is 11.3 Å².